The van der Waals surface area contributed by atoms with E-state index >= 15 is 0 Å². The van der Waals surface area contributed by atoms with Gasteiger partial charge >= 0.3 is 5.97 Å². The first-order chi connectivity index (χ1) is 9.15. The van der Waals surface area contributed by atoms with Gasteiger partial charge in [-0.1, -0.05) is 17.3 Å². The molecule has 0 aliphatic carbocycles. The Labute approximate surface area is 115 Å². The minimum atomic E-state index is -1.11. The standard InChI is InChI=1S/C12H7BrN4O2/c13-8-4-7-2-1-3-10(11(7)14-5-8)17-6-9(12(18)19)15-16-17/h1-6H,(H,18,19). The second-order valence-electron chi connectivity index (χ2n) is 3.86. The number of rotatable bonds is 2. The largest absolute Gasteiger partial charge is 0.476 e. The minimum Gasteiger partial charge on any atom is -0.476 e. The molecule has 6 nitrogen and oxygen atoms in total. The highest BCUT2D eigenvalue weighted by Crippen LogP contribution is 2.22. The molecular weight excluding hydrogens is 312 g/mol. The molecule has 3 aromatic rings. The molecule has 7 heteroatoms. The smallest absolute Gasteiger partial charge is 0.358 e. The maximum absolute atomic E-state index is 10.8. The van der Waals surface area contributed by atoms with Gasteiger partial charge in [-0.25, -0.2) is 9.48 Å². The van der Waals surface area contributed by atoms with Gasteiger partial charge in [0.15, 0.2) is 5.69 Å². The summed E-state index contributed by atoms with van der Waals surface area (Å²) in [4.78, 5) is 15.1. The molecule has 0 atom stereocenters. The molecule has 94 valence electrons. The maximum Gasteiger partial charge on any atom is 0.358 e. The lowest BCUT2D eigenvalue weighted by atomic mass is 10.2. The van der Waals surface area contributed by atoms with Crippen LogP contribution in [0.5, 0.6) is 0 Å². The van der Waals surface area contributed by atoms with Crippen LogP contribution in [0.25, 0.3) is 16.6 Å². The van der Waals surface area contributed by atoms with Crippen LogP contribution >= 0.6 is 15.9 Å². The highest BCUT2D eigenvalue weighted by atomic mass is 79.9. The van der Waals surface area contributed by atoms with Crippen LogP contribution in [0.4, 0.5) is 0 Å². The summed E-state index contributed by atoms with van der Waals surface area (Å²) < 4.78 is 2.29. The molecule has 0 saturated heterocycles. The van der Waals surface area contributed by atoms with Crippen LogP contribution in [0, 0.1) is 0 Å². The normalized spacial score (nSPS) is 10.8. The van der Waals surface area contributed by atoms with Crippen LogP contribution in [-0.2, 0) is 0 Å². The first kappa shape index (κ1) is 11.8. The van der Waals surface area contributed by atoms with Crippen LogP contribution in [-0.4, -0.2) is 31.1 Å². The molecular formula is C12H7BrN4O2. The Kier molecular flexibility index (Phi) is 2.75. The number of carboxylic acids is 1. The minimum absolute atomic E-state index is 0.103. The zero-order valence-corrected chi connectivity index (χ0v) is 11.1. The molecule has 1 aromatic carbocycles. The molecule has 0 unspecified atom stereocenters. The summed E-state index contributed by atoms with van der Waals surface area (Å²) in [5, 5.41) is 17.2. The van der Waals surface area contributed by atoms with Gasteiger partial charge in [-0.2, -0.15) is 0 Å². The summed E-state index contributed by atoms with van der Waals surface area (Å²) in [6, 6.07) is 7.52. The van der Waals surface area contributed by atoms with Crippen LogP contribution in [0.15, 0.2) is 41.1 Å². The number of carbonyl (C=O) groups is 1. The summed E-state index contributed by atoms with van der Waals surface area (Å²) in [6.07, 6.45) is 3.04. The van der Waals surface area contributed by atoms with Crippen LogP contribution in [0.3, 0.4) is 0 Å². The zero-order valence-electron chi connectivity index (χ0n) is 9.49. The first-order valence-electron chi connectivity index (χ1n) is 5.35. The van der Waals surface area contributed by atoms with Gasteiger partial charge in [0.25, 0.3) is 0 Å². The number of halogens is 1. The van der Waals surface area contributed by atoms with Crippen LogP contribution in [0.1, 0.15) is 10.5 Å². The van der Waals surface area contributed by atoms with Gasteiger partial charge in [0.05, 0.1) is 17.4 Å². The molecule has 0 amide bonds. The summed E-state index contributed by atoms with van der Waals surface area (Å²) in [5.41, 5.74) is 1.31. The SMILES string of the molecule is O=C(O)c1cn(-c2cccc3cc(Br)cnc23)nn1. The van der Waals surface area contributed by atoms with Gasteiger partial charge in [0, 0.05) is 16.1 Å². The van der Waals surface area contributed by atoms with Crippen molar-refractivity contribution in [2.45, 2.75) is 0 Å². The second-order valence-corrected chi connectivity index (χ2v) is 4.77. The molecule has 2 heterocycles. The highest BCUT2D eigenvalue weighted by Gasteiger charge is 2.11. The lowest BCUT2D eigenvalue weighted by Gasteiger charge is -2.04. The van der Waals surface area contributed by atoms with Crippen molar-refractivity contribution in [3.8, 4) is 5.69 Å². The molecule has 0 spiro atoms. The van der Waals surface area contributed by atoms with E-state index in [0.717, 1.165) is 15.4 Å². The number of benzene rings is 1. The summed E-state index contributed by atoms with van der Waals surface area (Å²) in [5.74, 6) is -1.11. The van der Waals surface area contributed by atoms with Crippen molar-refractivity contribution in [2.75, 3.05) is 0 Å². The molecule has 1 N–H and O–H groups in total. The van der Waals surface area contributed by atoms with Crippen LogP contribution < -0.4 is 0 Å². The van der Waals surface area contributed by atoms with E-state index in [1.54, 1.807) is 6.20 Å². The van der Waals surface area contributed by atoms with E-state index < -0.39 is 5.97 Å². The number of fused-ring (bicyclic) bond motifs is 1. The third kappa shape index (κ3) is 2.08. The third-order valence-corrected chi connectivity index (χ3v) is 3.05. The summed E-state index contributed by atoms with van der Waals surface area (Å²) in [7, 11) is 0. The summed E-state index contributed by atoms with van der Waals surface area (Å²) in [6.45, 7) is 0. The van der Waals surface area contributed by atoms with Gasteiger partial charge in [0.2, 0.25) is 0 Å². The van der Waals surface area contributed by atoms with Crippen molar-refractivity contribution < 1.29 is 9.90 Å². The Hall–Kier alpha value is -2.28. The second kappa shape index (κ2) is 4.43. The van der Waals surface area contributed by atoms with E-state index in [1.165, 1.54) is 10.9 Å². The van der Waals surface area contributed by atoms with Crippen molar-refractivity contribution >= 4 is 32.8 Å². The molecule has 0 radical (unpaired) electrons. The van der Waals surface area contributed by atoms with Crippen molar-refractivity contribution in [2.24, 2.45) is 0 Å². The summed E-state index contributed by atoms with van der Waals surface area (Å²) >= 11 is 3.36. The fourth-order valence-electron chi connectivity index (χ4n) is 1.78. The van der Waals surface area contributed by atoms with Crippen molar-refractivity contribution in [3.63, 3.8) is 0 Å². The number of hydrogen-bond acceptors (Lipinski definition) is 4. The van der Waals surface area contributed by atoms with Crippen molar-refractivity contribution in [1.82, 2.24) is 20.0 Å². The lowest BCUT2D eigenvalue weighted by molar-refractivity contribution is 0.0690. The molecule has 19 heavy (non-hydrogen) atoms. The van der Waals surface area contributed by atoms with Crippen LogP contribution in [0.2, 0.25) is 0 Å². The highest BCUT2D eigenvalue weighted by molar-refractivity contribution is 9.10. The van der Waals surface area contributed by atoms with Gasteiger partial charge in [-0.3, -0.25) is 4.98 Å². The average Bonchev–Trinajstić information content (AvgIpc) is 2.87. The predicted octanol–water partition coefficient (Wildman–Crippen LogP) is 2.28. The molecule has 0 fully saturated rings. The monoisotopic (exact) mass is 318 g/mol. The van der Waals surface area contributed by atoms with Crippen molar-refractivity contribution in [3.05, 3.63) is 46.8 Å². The topological polar surface area (TPSA) is 80.9 Å². The van der Waals surface area contributed by atoms with E-state index in [0.29, 0.717) is 5.69 Å². The predicted molar refractivity (Wildman–Crippen MR) is 71.3 cm³/mol. The van der Waals surface area contributed by atoms with E-state index in [2.05, 4.69) is 31.2 Å². The maximum atomic E-state index is 10.8. The number of carboxylic acid groups (broad SMARTS) is 1. The van der Waals surface area contributed by atoms with E-state index in [9.17, 15) is 4.79 Å². The fraction of sp³-hybridized carbons (Fsp3) is 0. The Balaban J connectivity index is 2.21. The molecule has 2 aromatic heterocycles. The van der Waals surface area contributed by atoms with E-state index in [1.807, 2.05) is 24.3 Å². The number of para-hydroxylation sites is 1. The third-order valence-electron chi connectivity index (χ3n) is 2.62. The Morgan fingerprint density at radius 1 is 1.37 bits per heavy atom. The van der Waals surface area contributed by atoms with Gasteiger partial charge in [-0.05, 0) is 28.1 Å². The number of nitrogens with zero attached hydrogens (tertiary/aromatic N) is 4. The lowest BCUT2D eigenvalue weighted by Crippen LogP contribution is -1.97. The number of aromatic carboxylic acids is 1. The molecule has 0 bridgehead atoms. The molecule has 0 saturated carbocycles. The van der Waals surface area contributed by atoms with Gasteiger partial charge in [0.1, 0.15) is 0 Å². The fourth-order valence-corrected chi connectivity index (χ4v) is 2.13. The van der Waals surface area contributed by atoms with E-state index in [-0.39, 0.29) is 5.69 Å². The number of pyridine rings is 1. The average molecular weight is 319 g/mol. The van der Waals surface area contributed by atoms with E-state index in [4.69, 9.17) is 5.11 Å². The zero-order chi connectivity index (χ0) is 13.4. The van der Waals surface area contributed by atoms with Gasteiger partial charge < -0.3 is 5.11 Å². The Bertz CT molecular complexity index is 784. The number of aromatic nitrogens is 4. The van der Waals surface area contributed by atoms with Crippen molar-refractivity contribution in [1.29, 1.82) is 0 Å². The Morgan fingerprint density at radius 3 is 2.95 bits per heavy atom. The van der Waals surface area contributed by atoms with Gasteiger partial charge in [-0.15, -0.1) is 5.10 Å². The molecule has 3 rings (SSSR count). The molecule has 0 aliphatic rings. The quantitative estimate of drug-likeness (QED) is 0.784. The number of hydrogen-bond donors (Lipinski definition) is 1. The Morgan fingerprint density at radius 2 is 2.21 bits per heavy atom. The first-order valence-corrected chi connectivity index (χ1v) is 6.15. The molecule has 0 aliphatic heterocycles.